The molecule has 0 radical (unpaired) electrons. The zero-order valence-corrected chi connectivity index (χ0v) is 17.9. The standard InChI is InChI=1S/C23H28F3NO3/c1-15-6-7-16(12-19(15)23(24,25)26)13-20(28)22(5,29)14-30-18-10-8-17(9-11-18)27-21(2,3)4/h6-12,27,29H,13-14H2,1-5H3/t22-/m0/s1. The summed E-state index contributed by atoms with van der Waals surface area (Å²) in [6.45, 7) is 8.45. The number of carbonyl (C=O) groups excluding carboxylic acids is 1. The van der Waals surface area contributed by atoms with Crippen molar-refractivity contribution in [2.75, 3.05) is 11.9 Å². The van der Waals surface area contributed by atoms with Gasteiger partial charge in [0.05, 0.1) is 5.56 Å². The lowest BCUT2D eigenvalue weighted by Crippen LogP contribution is -2.42. The van der Waals surface area contributed by atoms with Gasteiger partial charge in [-0.3, -0.25) is 4.79 Å². The molecule has 0 saturated carbocycles. The van der Waals surface area contributed by atoms with Crippen LogP contribution in [-0.4, -0.2) is 28.6 Å². The minimum atomic E-state index is -4.50. The van der Waals surface area contributed by atoms with Crippen molar-refractivity contribution in [2.24, 2.45) is 0 Å². The topological polar surface area (TPSA) is 58.6 Å². The van der Waals surface area contributed by atoms with Crippen LogP contribution in [0.3, 0.4) is 0 Å². The number of Topliss-reactive ketones (excluding diaryl/α,β-unsaturated/α-hetero) is 1. The second kappa shape index (κ2) is 8.68. The predicted molar refractivity (Wildman–Crippen MR) is 111 cm³/mol. The summed E-state index contributed by atoms with van der Waals surface area (Å²) in [6, 6.07) is 10.8. The number of aliphatic hydroxyl groups is 1. The van der Waals surface area contributed by atoms with E-state index in [1.807, 2.05) is 32.9 Å². The quantitative estimate of drug-likeness (QED) is 0.645. The van der Waals surface area contributed by atoms with Crippen molar-refractivity contribution in [3.8, 4) is 5.75 Å². The molecule has 7 heteroatoms. The van der Waals surface area contributed by atoms with Crippen LogP contribution in [0.4, 0.5) is 18.9 Å². The predicted octanol–water partition coefficient (Wildman–Crippen LogP) is 5.17. The van der Waals surface area contributed by atoms with Gasteiger partial charge >= 0.3 is 6.18 Å². The van der Waals surface area contributed by atoms with E-state index in [1.54, 1.807) is 12.1 Å². The van der Waals surface area contributed by atoms with Crippen molar-refractivity contribution < 1.29 is 27.8 Å². The molecule has 2 N–H and O–H groups in total. The van der Waals surface area contributed by atoms with Crippen molar-refractivity contribution in [1.82, 2.24) is 0 Å². The molecule has 0 saturated heterocycles. The molecule has 0 spiro atoms. The Balaban J connectivity index is 2.01. The van der Waals surface area contributed by atoms with Gasteiger partial charge in [0, 0.05) is 17.6 Å². The number of ketones is 1. The van der Waals surface area contributed by atoms with E-state index in [2.05, 4.69) is 5.32 Å². The molecule has 0 aliphatic carbocycles. The van der Waals surface area contributed by atoms with E-state index < -0.39 is 23.1 Å². The van der Waals surface area contributed by atoms with Crippen LogP contribution < -0.4 is 10.1 Å². The fraction of sp³-hybridized carbons (Fsp3) is 0.435. The normalized spacial score (nSPS) is 14.2. The van der Waals surface area contributed by atoms with Crippen molar-refractivity contribution in [2.45, 2.75) is 58.4 Å². The van der Waals surface area contributed by atoms with Gasteiger partial charge in [-0.15, -0.1) is 0 Å². The first kappa shape index (κ1) is 23.7. The van der Waals surface area contributed by atoms with Crippen LogP contribution >= 0.6 is 0 Å². The maximum absolute atomic E-state index is 13.1. The molecule has 0 bridgehead atoms. The van der Waals surface area contributed by atoms with E-state index in [0.29, 0.717) is 5.75 Å². The van der Waals surface area contributed by atoms with Gasteiger partial charge < -0.3 is 15.2 Å². The van der Waals surface area contributed by atoms with E-state index in [4.69, 9.17) is 4.74 Å². The first-order valence-electron chi connectivity index (χ1n) is 9.61. The lowest BCUT2D eigenvalue weighted by atomic mass is 9.94. The Morgan fingerprint density at radius 3 is 2.17 bits per heavy atom. The molecule has 0 fully saturated rings. The van der Waals surface area contributed by atoms with Crippen LogP contribution in [0.25, 0.3) is 0 Å². The van der Waals surface area contributed by atoms with Gasteiger partial charge in [-0.05, 0) is 76.1 Å². The van der Waals surface area contributed by atoms with Crippen molar-refractivity contribution in [3.63, 3.8) is 0 Å². The molecular weight excluding hydrogens is 395 g/mol. The lowest BCUT2D eigenvalue weighted by molar-refractivity contribution is -0.139. The second-order valence-corrected chi connectivity index (χ2v) is 8.71. The molecule has 0 amide bonds. The van der Waals surface area contributed by atoms with E-state index in [-0.39, 0.29) is 29.7 Å². The van der Waals surface area contributed by atoms with Crippen LogP contribution in [0.2, 0.25) is 0 Å². The summed E-state index contributed by atoms with van der Waals surface area (Å²) in [5.74, 6) is -0.150. The number of nitrogens with one attached hydrogen (secondary N) is 1. The first-order chi connectivity index (χ1) is 13.7. The highest BCUT2D eigenvalue weighted by molar-refractivity contribution is 5.88. The van der Waals surface area contributed by atoms with Gasteiger partial charge in [-0.2, -0.15) is 13.2 Å². The van der Waals surface area contributed by atoms with Crippen molar-refractivity contribution in [1.29, 1.82) is 0 Å². The molecule has 0 unspecified atom stereocenters. The fourth-order valence-corrected chi connectivity index (χ4v) is 2.83. The summed E-state index contributed by atoms with van der Waals surface area (Å²) in [5.41, 5.74) is -1.55. The Hall–Kier alpha value is -2.54. The van der Waals surface area contributed by atoms with Crippen LogP contribution in [0.1, 0.15) is 44.4 Å². The Labute approximate surface area is 175 Å². The third kappa shape index (κ3) is 6.76. The highest BCUT2D eigenvalue weighted by atomic mass is 19.4. The van der Waals surface area contributed by atoms with Crippen molar-refractivity contribution >= 4 is 11.5 Å². The van der Waals surface area contributed by atoms with Gasteiger partial charge in [-0.1, -0.05) is 12.1 Å². The Morgan fingerprint density at radius 1 is 1.03 bits per heavy atom. The number of carbonyl (C=O) groups is 1. The first-order valence-corrected chi connectivity index (χ1v) is 9.61. The number of anilines is 1. The fourth-order valence-electron chi connectivity index (χ4n) is 2.83. The van der Waals surface area contributed by atoms with E-state index >= 15 is 0 Å². The number of hydrogen-bond donors (Lipinski definition) is 2. The lowest BCUT2D eigenvalue weighted by Gasteiger charge is -2.24. The zero-order chi connectivity index (χ0) is 22.7. The SMILES string of the molecule is Cc1ccc(CC(=O)[C@@](C)(O)COc2ccc(NC(C)(C)C)cc2)cc1C(F)(F)F. The average molecular weight is 423 g/mol. The number of aryl methyl sites for hydroxylation is 1. The van der Waals surface area contributed by atoms with Crippen LogP contribution in [0.15, 0.2) is 42.5 Å². The third-order valence-corrected chi connectivity index (χ3v) is 4.47. The Bertz CT molecular complexity index is 882. The molecule has 4 nitrogen and oxygen atoms in total. The molecule has 0 aliphatic rings. The average Bonchev–Trinajstić information content (AvgIpc) is 2.60. The number of benzene rings is 2. The molecule has 1 atom stereocenters. The number of hydrogen-bond acceptors (Lipinski definition) is 4. The van der Waals surface area contributed by atoms with Gasteiger partial charge in [0.1, 0.15) is 12.4 Å². The highest BCUT2D eigenvalue weighted by Gasteiger charge is 2.34. The van der Waals surface area contributed by atoms with Gasteiger partial charge in [0.25, 0.3) is 0 Å². The number of rotatable bonds is 7. The van der Waals surface area contributed by atoms with E-state index in [9.17, 15) is 23.1 Å². The number of alkyl halides is 3. The zero-order valence-electron chi connectivity index (χ0n) is 17.9. The largest absolute Gasteiger partial charge is 0.490 e. The molecule has 0 aliphatic heterocycles. The number of ether oxygens (including phenoxy) is 1. The number of halogens is 3. The summed E-state index contributed by atoms with van der Waals surface area (Å²) in [6.07, 6.45) is -4.82. The van der Waals surface area contributed by atoms with Crippen LogP contribution in [-0.2, 0) is 17.4 Å². The summed E-state index contributed by atoms with van der Waals surface area (Å²) in [4.78, 5) is 12.5. The third-order valence-electron chi connectivity index (χ3n) is 4.47. The summed E-state index contributed by atoms with van der Waals surface area (Å²) in [7, 11) is 0. The molecule has 164 valence electrons. The molecule has 0 aromatic heterocycles. The Morgan fingerprint density at radius 2 is 1.63 bits per heavy atom. The molecule has 30 heavy (non-hydrogen) atoms. The van der Waals surface area contributed by atoms with Crippen molar-refractivity contribution in [3.05, 3.63) is 59.2 Å². The molecular formula is C23H28F3NO3. The van der Waals surface area contributed by atoms with Gasteiger partial charge in [0.2, 0.25) is 0 Å². The molecule has 2 rings (SSSR count). The van der Waals surface area contributed by atoms with E-state index in [0.717, 1.165) is 11.8 Å². The molecule has 2 aromatic rings. The molecule has 0 heterocycles. The van der Waals surface area contributed by atoms with Gasteiger partial charge in [0.15, 0.2) is 11.4 Å². The van der Waals surface area contributed by atoms with Crippen LogP contribution in [0.5, 0.6) is 5.75 Å². The van der Waals surface area contributed by atoms with E-state index in [1.165, 1.54) is 26.0 Å². The maximum Gasteiger partial charge on any atom is 0.416 e. The Kier molecular flexibility index (Phi) is 6.87. The smallest absolute Gasteiger partial charge is 0.416 e. The maximum atomic E-state index is 13.1. The summed E-state index contributed by atoms with van der Waals surface area (Å²) >= 11 is 0. The molecule has 2 aromatic carbocycles. The summed E-state index contributed by atoms with van der Waals surface area (Å²) in [5, 5.41) is 13.8. The second-order valence-electron chi connectivity index (χ2n) is 8.71. The minimum Gasteiger partial charge on any atom is -0.490 e. The monoisotopic (exact) mass is 423 g/mol. The van der Waals surface area contributed by atoms with Crippen LogP contribution in [0, 0.1) is 6.92 Å². The van der Waals surface area contributed by atoms with Gasteiger partial charge in [-0.25, -0.2) is 0 Å². The highest BCUT2D eigenvalue weighted by Crippen LogP contribution is 2.32. The minimum absolute atomic E-state index is 0.0817. The summed E-state index contributed by atoms with van der Waals surface area (Å²) < 4.78 is 44.7.